The molecule has 0 aromatic rings. The monoisotopic (exact) mass is 238 g/mol. The minimum atomic E-state index is 0.740. The van der Waals surface area contributed by atoms with Crippen molar-refractivity contribution in [2.75, 3.05) is 20.6 Å². The molecule has 100 valence electrons. The largest absolute Gasteiger partial charge is 0.315 e. The molecule has 17 heavy (non-hydrogen) atoms. The topological polar surface area (TPSA) is 15.3 Å². The molecule has 1 unspecified atom stereocenters. The number of hydrogen-bond donors (Lipinski definition) is 1. The van der Waals surface area contributed by atoms with E-state index in [0.29, 0.717) is 0 Å². The van der Waals surface area contributed by atoms with Crippen LogP contribution in [0.2, 0.25) is 0 Å². The van der Waals surface area contributed by atoms with E-state index < -0.39 is 0 Å². The molecule has 2 saturated carbocycles. The summed E-state index contributed by atoms with van der Waals surface area (Å²) >= 11 is 0. The predicted octanol–water partition coefficient (Wildman–Crippen LogP) is 2.89. The van der Waals surface area contributed by atoms with Crippen LogP contribution in [-0.2, 0) is 0 Å². The van der Waals surface area contributed by atoms with Crippen molar-refractivity contribution in [2.45, 2.75) is 64.0 Å². The molecule has 0 spiro atoms. The van der Waals surface area contributed by atoms with Crippen LogP contribution < -0.4 is 5.32 Å². The summed E-state index contributed by atoms with van der Waals surface area (Å²) in [4.78, 5) is 2.63. The van der Waals surface area contributed by atoms with Gasteiger partial charge in [0.1, 0.15) is 0 Å². The zero-order valence-electron chi connectivity index (χ0n) is 11.9. The minimum absolute atomic E-state index is 0.740. The molecule has 0 saturated heterocycles. The van der Waals surface area contributed by atoms with Crippen molar-refractivity contribution >= 4 is 0 Å². The van der Waals surface area contributed by atoms with E-state index in [4.69, 9.17) is 0 Å². The summed E-state index contributed by atoms with van der Waals surface area (Å²) in [6.07, 6.45) is 10.0. The van der Waals surface area contributed by atoms with Crippen LogP contribution in [0.5, 0.6) is 0 Å². The highest BCUT2D eigenvalue weighted by Crippen LogP contribution is 2.34. The molecule has 1 atom stereocenters. The quantitative estimate of drug-likeness (QED) is 0.765. The summed E-state index contributed by atoms with van der Waals surface area (Å²) in [7, 11) is 4.47. The lowest BCUT2D eigenvalue weighted by atomic mass is 9.84. The van der Waals surface area contributed by atoms with Crippen LogP contribution in [0, 0.1) is 11.8 Å². The second-order valence-corrected chi connectivity index (χ2v) is 6.25. The number of rotatable bonds is 6. The normalized spacial score (nSPS) is 31.8. The Kier molecular flexibility index (Phi) is 4.87. The van der Waals surface area contributed by atoms with Crippen LogP contribution in [0.1, 0.15) is 51.9 Å². The first kappa shape index (κ1) is 13.4. The summed E-state index contributed by atoms with van der Waals surface area (Å²) in [6.45, 7) is 3.60. The molecule has 0 amide bonds. The van der Waals surface area contributed by atoms with Gasteiger partial charge in [-0.15, -0.1) is 0 Å². The molecule has 0 aliphatic heterocycles. The molecular formula is C15H30N2. The average molecular weight is 238 g/mol. The lowest BCUT2D eigenvalue weighted by Gasteiger charge is -2.36. The van der Waals surface area contributed by atoms with E-state index >= 15 is 0 Å². The van der Waals surface area contributed by atoms with E-state index in [1.807, 2.05) is 0 Å². The second-order valence-electron chi connectivity index (χ2n) is 6.25. The van der Waals surface area contributed by atoms with Crippen LogP contribution in [0.15, 0.2) is 0 Å². The zero-order chi connectivity index (χ0) is 12.3. The summed E-state index contributed by atoms with van der Waals surface area (Å²) in [6, 6.07) is 1.59. The van der Waals surface area contributed by atoms with E-state index in [1.54, 1.807) is 0 Å². The maximum atomic E-state index is 3.51. The van der Waals surface area contributed by atoms with Crippen molar-refractivity contribution in [1.82, 2.24) is 10.2 Å². The van der Waals surface area contributed by atoms with Crippen molar-refractivity contribution in [3.63, 3.8) is 0 Å². The standard InChI is InChI=1S/C15H30N2/c1-4-12-5-9-14(10-6-12)17(3)11-15(16-2)13-7-8-13/h12-16H,4-11H2,1-3H3. The molecule has 0 bridgehead atoms. The van der Waals surface area contributed by atoms with Crippen LogP contribution in [0.4, 0.5) is 0 Å². The fourth-order valence-corrected chi connectivity index (χ4v) is 3.43. The molecule has 2 fully saturated rings. The Labute approximate surface area is 107 Å². The van der Waals surface area contributed by atoms with Gasteiger partial charge in [-0.3, -0.25) is 0 Å². The molecule has 0 aromatic heterocycles. The first-order valence-electron chi connectivity index (χ1n) is 7.62. The van der Waals surface area contributed by atoms with E-state index in [0.717, 1.165) is 23.9 Å². The van der Waals surface area contributed by atoms with Crippen LogP contribution in [-0.4, -0.2) is 37.6 Å². The summed E-state index contributed by atoms with van der Waals surface area (Å²) in [5.74, 6) is 1.98. The van der Waals surface area contributed by atoms with Gasteiger partial charge in [0, 0.05) is 18.6 Å². The third-order valence-corrected chi connectivity index (χ3v) is 5.06. The third kappa shape index (κ3) is 3.69. The molecule has 0 aromatic carbocycles. The molecule has 1 N–H and O–H groups in total. The Morgan fingerprint density at radius 3 is 2.24 bits per heavy atom. The number of nitrogens with one attached hydrogen (secondary N) is 1. The predicted molar refractivity (Wildman–Crippen MR) is 74.2 cm³/mol. The Balaban J connectivity index is 1.73. The van der Waals surface area contributed by atoms with Gasteiger partial charge in [-0.05, 0) is 64.5 Å². The fraction of sp³-hybridized carbons (Fsp3) is 1.00. The number of likely N-dealkylation sites (N-methyl/N-ethyl adjacent to an activating group) is 2. The second kappa shape index (κ2) is 6.19. The van der Waals surface area contributed by atoms with E-state index in [1.165, 1.54) is 51.5 Å². The molecule has 0 heterocycles. The Hall–Kier alpha value is -0.0800. The SMILES string of the molecule is CCC1CCC(N(C)CC(NC)C2CC2)CC1. The van der Waals surface area contributed by atoms with Crippen molar-refractivity contribution in [1.29, 1.82) is 0 Å². The highest BCUT2D eigenvalue weighted by atomic mass is 15.2. The average Bonchev–Trinajstić information content (AvgIpc) is 3.20. The maximum absolute atomic E-state index is 3.51. The van der Waals surface area contributed by atoms with Crippen molar-refractivity contribution in [3.05, 3.63) is 0 Å². The highest BCUT2D eigenvalue weighted by molar-refractivity contribution is 4.89. The maximum Gasteiger partial charge on any atom is 0.0220 e. The molecule has 2 nitrogen and oxygen atoms in total. The van der Waals surface area contributed by atoms with Crippen molar-refractivity contribution in [2.24, 2.45) is 11.8 Å². The van der Waals surface area contributed by atoms with Gasteiger partial charge in [-0.2, -0.15) is 0 Å². The Morgan fingerprint density at radius 2 is 1.76 bits per heavy atom. The first-order chi connectivity index (χ1) is 8.24. The van der Waals surface area contributed by atoms with Crippen LogP contribution >= 0.6 is 0 Å². The van der Waals surface area contributed by atoms with Crippen molar-refractivity contribution < 1.29 is 0 Å². The molecule has 2 rings (SSSR count). The van der Waals surface area contributed by atoms with E-state index in [-0.39, 0.29) is 0 Å². The van der Waals surface area contributed by atoms with Gasteiger partial charge >= 0.3 is 0 Å². The smallest absolute Gasteiger partial charge is 0.0220 e. The molecule has 0 radical (unpaired) electrons. The van der Waals surface area contributed by atoms with E-state index in [2.05, 4.69) is 31.2 Å². The van der Waals surface area contributed by atoms with Gasteiger partial charge < -0.3 is 10.2 Å². The number of hydrogen-bond acceptors (Lipinski definition) is 2. The van der Waals surface area contributed by atoms with Gasteiger partial charge in [-0.1, -0.05) is 13.3 Å². The van der Waals surface area contributed by atoms with Gasteiger partial charge in [0.05, 0.1) is 0 Å². The molecule has 2 aliphatic carbocycles. The van der Waals surface area contributed by atoms with E-state index in [9.17, 15) is 0 Å². The fourth-order valence-electron chi connectivity index (χ4n) is 3.43. The van der Waals surface area contributed by atoms with Crippen LogP contribution in [0.25, 0.3) is 0 Å². The molecule has 2 aliphatic rings. The van der Waals surface area contributed by atoms with Gasteiger partial charge in [0.2, 0.25) is 0 Å². The first-order valence-corrected chi connectivity index (χ1v) is 7.62. The van der Waals surface area contributed by atoms with Gasteiger partial charge in [0.15, 0.2) is 0 Å². The summed E-state index contributed by atoms with van der Waals surface area (Å²) in [5.41, 5.74) is 0. The van der Waals surface area contributed by atoms with Gasteiger partial charge in [-0.25, -0.2) is 0 Å². The Bertz CT molecular complexity index is 217. The molecular weight excluding hydrogens is 208 g/mol. The lowest BCUT2D eigenvalue weighted by Crippen LogP contribution is -2.44. The van der Waals surface area contributed by atoms with Crippen LogP contribution in [0.3, 0.4) is 0 Å². The minimum Gasteiger partial charge on any atom is -0.315 e. The number of nitrogens with zero attached hydrogens (tertiary/aromatic N) is 1. The summed E-state index contributed by atoms with van der Waals surface area (Å²) in [5, 5.41) is 3.51. The van der Waals surface area contributed by atoms with Crippen molar-refractivity contribution in [3.8, 4) is 0 Å². The summed E-state index contributed by atoms with van der Waals surface area (Å²) < 4.78 is 0. The molecule has 2 heteroatoms. The third-order valence-electron chi connectivity index (χ3n) is 5.06. The highest BCUT2D eigenvalue weighted by Gasteiger charge is 2.32. The zero-order valence-corrected chi connectivity index (χ0v) is 11.9. The Morgan fingerprint density at radius 1 is 1.12 bits per heavy atom. The van der Waals surface area contributed by atoms with Gasteiger partial charge in [0.25, 0.3) is 0 Å². The lowest BCUT2D eigenvalue weighted by molar-refractivity contribution is 0.148.